The molecule has 0 saturated carbocycles. The summed E-state index contributed by atoms with van der Waals surface area (Å²) < 4.78 is 11.6. The maximum atomic E-state index is 11.8. The van der Waals surface area contributed by atoms with Crippen LogP contribution in [0.25, 0.3) is 0 Å². The number of rotatable bonds is 7. The van der Waals surface area contributed by atoms with Gasteiger partial charge >= 0.3 is 5.97 Å². The van der Waals surface area contributed by atoms with Crippen LogP contribution >= 0.6 is 27.5 Å². The van der Waals surface area contributed by atoms with Gasteiger partial charge in [-0.15, -0.1) is 0 Å². The van der Waals surface area contributed by atoms with Crippen LogP contribution < -0.4 is 9.47 Å². The molecule has 0 aliphatic rings. The van der Waals surface area contributed by atoms with E-state index >= 15 is 0 Å². The summed E-state index contributed by atoms with van der Waals surface area (Å²) in [5.74, 6) is 0.520. The highest BCUT2D eigenvalue weighted by Crippen LogP contribution is 2.35. The summed E-state index contributed by atoms with van der Waals surface area (Å²) in [6.07, 6.45) is 0.638. The van der Waals surface area contributed by atoms with Crippen molar-refractivity contribution in [2.24, 2.45) is 0 Å². The lowest BCUT2D eigenvalue weighted by molar-refractivity contribution is -0.384. The fraction of sp³-hybridized carbons (Fsp3) is 0.278. The summed E-state index contributed by atoms with van der Waals surface area (Å²) in [5, 5.41) is 11.3. The van der Waals surface area contributed by atoms with Gasteiger partial charge < -0.3 is 9.47 Å². The van der Waals surface area contributed by atoms with Gasteiger partial charge in [-0.05, 0) is 65.5 Å². The molecule has 0 unspecified atom stereocenters. The van der Waals surface area contributed by atoms with Gasteiger partial charge in [0.1, 0.15) is 11.5 Å². The van der Waals surface area contributed by atoms with Crippen molar-refractivity contribution in [3.63, 3.8) is 0 Å². The number of ether oxygens (including phenoxy) is 2. The summed E-state index contributed by atoms with van der Waals surface area (Å²) in [7, 11) is 0. The van der Waals surface area contributed by atoms with Gasteiger partial charge in [0.15, 0.2) is 0 Å². The predicted molar refractivity (Wildman–Crippen MR) is 102 cm³/mol. The summed E-state index contributed by atoms with van der Waals surface area (Å²) in [6.45, 7) is 4.14. The molecular weight excluding hydrogens is 426 g/mol. The molecule has 0 radical (unpaired) electrons. The van der Waals surface area contributed by atoms with Crippen LogP contribution in [0.4, 0.5) is 5.69 Å². The maximum Gasteiger partial charge on any atom is 0.311 e. The van der Waals surface area contributed by atoms with Gasteiger partial charge in [0, 0.05) is 23.6 Å². The first-order valence-corrected chi connectivity index (χ1v) is 9.00. The van der Waals surface area contributed by atoms with E-state index in [0.29, 0.717) is 23.8 Å². The fourth-order valence-electron chi connectivity index (χ4n) is 2.22. The average Bonchev–Trinajstić information content (AvgIpc) is 2.61. The van der Waals surface area contributed by atoms with Crippen LogP contribution in [-0.2, 0) is 4.79 Å². The SMILES string of the molecule is Cc1cc(OCCCC(=O)Oc2ccc([N+](=O)[O-])cc2)c(Br)c(C)c1Cl. The highest BCUT2D eigenvalue weighted by Gasteiger charge is 2.12. The summed E-state index contributed by atoms with van der Waals surface area (Å²) >= 11 is 9.64. The van der Waals surface area contributed by atoms with E-state index in [1.165, 1.54) is 24.3 Å². The van der Waals surface area contributed by atoms with Crippen LogP contribution in [0.15, 0.2) is 34.8 Å². The van der Waals surface area contributed by atoms with Crippen LogP contribution in [0.2, 0.25) is 5.02 Å². The number of esters is 1. The Morgan fingerprint density at radius 3 is 2.54 bits per heavy atom. The number of carbonyl (C=O) groups excluding carboxylic acids is 1. The first kappa shape index (κ1) is 20.2. The van der Waals surface area contributed by atoms with E-state index in [-0.39, 0.29) is 17.9 Å². The molecule has 0 saturated heterocycles. The molecule has 0 aromatic heterocycles. The zero-order chi connectivity index (χ0) is 19.3. The molecule has 0 aliphatic carbocycles. The quantitative estimate of drug-likeness (QED) is 0.189. The summed E-state index contributed by atoms with van der Waals surface area (Å²) in [6, 6.07) is 7.20. The minimum atomic E-state index is -0.513. The number of halogens is 2. The standard InChI is InChI=1S/C18H17BrClNO5/c1-11-10-15(17(19)12(2)18(11)20)25-9-3-4-16(22)26-14-7-5-13(6-8-14)21(23)24/h5-8,10H,3-4,9H2,1-2H3. The second kappa shape index (κ2) is 9.00. The van der Waals surface area contributed by atoms with Crippen molar-refractivity contribution in [3.8, 4) is 11.5 Å². The molecule has 2 aromatic carbocycles. The van der Waals surface area contributed by atoms with Gasteiger partial charge in [0.05, 0.1) is 16.0 Å². The van der Waals surface area contributed by atoms with Gasteiger partial charge in [-0.25, -0.2) is 0 Å². The van der Waals surface area contributed by atoms with E-state index in [1.807, 2.05) is 19.9 Å². The molecule has 26 heavy (non-hydrogen) atoms. The average molecular weight is 443 g/mol. The Morgan fingerprint density at radius 1 is 1.27 bits per heavy atom. The van der Waals surface area contributed by atoms with Crippen LogP contribution in [0.1, 0.15) is 24.0 Å². The third-order valence-electron chi connectivity index (χ3n) is 3.63. The molecule has 0 fully saturated rings. The molecule has 0 N–H and O–H groups in total. The topological polar surface area (TPSA) is 78.7 Å². The molecule has 0 atom stereocenters. The monoisotopic (exact) mass is 441 g/mol. The Balaban J connectivity index is 1.81. The zero-order valence-electron chi connectivity index (χ0n) is 14.3. The molecule has 6 nitrogen and oxygen atoms in total. The van der Waals surface area contributed by atoms with Crippen molar-refractivity contribution < 1.29 is 19.2 Å². The van der Waals surface area contributed by atoms with E-state index in [0.717, 1.165) is 15.6 Å². The van der Waals surface area contributed by atoms with Crippen molar-refractivity contribution in [3.05, 3.63) is 61.1 Å². The Bertz CT molecular complexity index is 823. The van der Waals surface area contributed by atoms with Gasteiger partial charge in [0.2, 0.25) is 0 Å². The maximum absolute atomic E-state index is 11.8. The van der Waals surface area contributed by atoms with Gasteiger partial charge in [-0.2, -0.15) is 0 Å². The summed E-state index contributed by atoms with van der Waals surface area (Å²) in [5.41, 5.74) is 1.76. The van der Waals surface area contributed by atoms with Crippen molar-refractivity contribution in [2.75, 3.05) is 6.61 Å². The van der Waals surface area contributed by atoms with Crippen molar-refractivity contribution in [2.45, 2.75) is 26.7 Å². The van der Waals surface area contributed by atoms with Crippen LogP contribution in [-0.4, -0.2) is 17.5 Å². The molecule has 8 heteroatoms. The van der Waals surface area contributed by atoms with Gasteiger partial charge in [-0.1, -0.05) is 11.6 Å². The van der Waals surface area contributed by atoms with E-state index in [1.54, 1.807) is 0 Å². The highest BCUT2D eigenvalue weighted by atomic mass is 79.9. The molecule has 0 heterocycles. The van der Waals surface area contributed by atoms with E-state index in [4.69, 9.17) is 21.1 Å². The Labute approximate surface area is 164 Å². The molecule has 0 spiro atoms. The number of aryl methyl sites for hydroxylation is 1. The molecule has 0 amide bonds. The number of benzene rings is 2. The number of hydrogen-bond acceptors (Lipinski definition) is 5. The van der Waals surface area contributed by atoms with Gasteiger partial charge in [-0.3, -0.25) is 14.9 Å². The number of nitrogens with zero attached hydrogens (tertiary/aromatic N) is 1. The normalized spacial score (nSPS) is 10.5. The lowest BCUT2D eigenvalue weighted by Crippen LogP contribution is -2.10. The van der Waals surface area contributed by atoms with E-state index < -0.39 is 10.9 Å². The van der Waals surface area contributed by atoms with Crippen molar-refractivity contribution in [1.82, 2.24) is 0 Å². The smallest absolute Gasteiger partial charge is 0.311 e. The lowest BCUT2D eigenvalue weighted by Gasteiger charge is -2.13. The number of nitro benzene ring substituents is 1. The Kier molecular flexibility index (Phi) is 6.99. The molecule has 0 bridgehead atoms. The Hall–Kier alpha value is -2.12. The first-order chi connectivity index (χ1) is 12.3. The molecule has 138 valence electrons. The van der Waals surface area contributed by atoms with E-state index in [2.05, 4.69) is 15.9 Å². The predicted octanol–water partition coefficient (Wildman–Crippen LogP) is 5.39. The molecule has 2 aromatic rings. The largest absolute Gasteiger partial charge is 0.492 e. The van der Waals surface area contributed by atoms with Crippen LogP contribution in [0.3, 0.4) is 0 Å². The van der Waals surface area contributed by atoms with Crippen molar-refractivity contribution >= 4 is 39.2 Å². The van der Waals surface area contributed by atoms with Crippen LogP contribution in [0.5, 0.6) is 11.5 Å². The molecule has 2 rings (SSSR count). The van der Waals surface area contributed by atoms with Crippen LogP contribution in [0, 0.1) is 24.0 Å². The Morgan fingerprint density at radius 2 is 1.92 bits per heavy atom. The number of hydrogen-bond donors (Lipinski definition) is 0. The van der Waals surface area contributed by atoms with Crippen molar-refractivity contribution in [1.29, 1.82) is 0 Å². The fourth-order valence-corrected chi connectivity index (χ4v) is 2.91. The lowest BCUT2D eigenvalue weighted by atomic mass is 10.1. The second-order valence-electron chi connectivity index (χ2n) is 5.62. The zero-order valence-corrected chi connectivity index (χ0v) is 16.6. The van der Waals surface area contributed by atoms with Gasteiger partial charge in [0.25, 0.3) is 5.69 Å². The highest BCUT2D eigenvalue weighted by molar-refractivity contribution is 9.10. The number of non-ortho nitro benzene ring substituents is 1. The van der Waals surface area contributed by atoms with E-state index in [9.17, 15) is 14.9 Å². The summed E-state index contributed by atoms with van der Waals surface area (Å²) in [4.78, 5) is 21.9. The molecular formula is C18H17BrClNO5. The third kappa shape index (κ3) is 5.19. The minimum absolute atomic E-state index is 0.0580. The second-order valence-corrected chi connectivity index (χ2v) is 6.79. The molecule has 0 aliphatic heterocycles. The first-order valence-electron chi connectivity index (χ1n) is 7.82. The minimum Gasteiger partial charge on any atom is -0.492 e. The number of nitro groups is 1. The number of carbonyl (C=O) groups is 1. The third-order valence-corrected chi connectivity index (χ3v) is 5.20.